The summed E-state index contributed by atoms with van der Waals surface area (Å²) in [5.41, 5.74) is 3.53. The van der Waals surface area contributed by atoms with Crippen molar-refractivity contribution in [2.24, 2.45) is 0 Å². The molecule has 5 nitrogen and oxygen atoms in total. The Morgan fingerprint density at radius 1 is 1.30 bits per heavy atom. The van der Waals surface area contributed by atoms with Crippen molar-refractivity contribution in [1.82, 2.24) is 9.88 Å². The number of nitrogens with zero attached hydrogens (tertiary/aromatic N) is 2. The van der Waals surface area contributed by atoms with E-state index in [1.54, 1.807) is 12.1 Å². The van der Waals surface area contributed by atoms with E-state index in [9.17, 15) is 13.6 Å². The number of rotatable bonds is 6. The molecule has 1 aromatic heterocycles. The quantitative estimate of drug-likeness (QED) is 0.633. The maximum atomic E-state index is 14.1. The summed E-state index contributed by atoms with van der Waals surface area (Å²) in [5.74, 6) is -0.668. The van der Waals surface area contributed by atoms with E-state index in [4.69, 9.17) is 0 Å². The summed E-state index contributed by atoms with van der Waals surface area (Å²) >= 11 is 0. The lowest BCUT2D eigenvalue weighted by atomic mass is 10.1. The summed E-state index contributed by atoms with van der Waals surface area (Å²) in [7, 11) is 1.95. The Balaban J connectivity index is 1.48. The van der Waals surface area contributed by atoms with Crippen molar-refractivity contribution >= 4 is 28.2 Å². The number of aryl methyl sites for hydroxylation is 1. The second kappa shape index (κ2) is 8.44. The molecule has 7 heteroatoms. The number of anilines is 2. The lowest BCUT2D eigenvalue weighted by molar-refractivity contribution is 0.102. The highest BCUT2D eigenvalue weighted by Crippen LogP contribution is 2.26. The molecular weight excluding hydrogens is 386 g/mol. The van der Waals surface area contributed by atoms with Gasteiger partial charge in [-0.1, -0.05) is 12.1 Å². The lowest BCUT2D eigenvalue weighted by Crippen LogP contribution is -2.35. The first kappa shape index (κ1) is 20.3. The minimum atomic E-state index is -0.353. The van der Waals surface area contributed by atoms with E-state index in [0.717, 1.165) is 30.8 Å². The molecular formula is C23H26F2N4O. The fourth-order valence-corrected chi connectivity index (χ4v) is 4.08. The standard InChI is InChI=1S/C23H26F2N4O/c1-15-6-7-20(25)19-13-21(27-22(15)19)23(30)26-16-4-3-5-17(12-16)29-10-8-18(14-29)28(2)11-9-24/h3-7,12-13,18,27H,8-11,14H2,1-2H3,(H,26,30). The predicted molar refractivity (Wildman–Crippen MR) is 117 cm³/mol. The number of hydrogen-bond acceptors (Lipinski definition) is 3. The molecule has 0 spiro atoms. The number of hydrogen-bond donors (Lipinski definition) is 2. The molecule has 0 bridgehead atoms. The molecule has 3 aromatic rings. The van der Waals surface area contributed by atoms with Crippen LogP contribution in [0.4, 0.5) is 20.2 Å². The van der Waals surface area contributed by atoms with Gasteiger partial charge in [-0.05, 0) is 56.3 Å². The van der Waals surface area contributed by atoms with Gasteiger partial charge in [0.15, 0.2) is 0 Å². The molecule has 1 amide bonds. The van der Waals surface area contributed by atoms with Crippen LogP contribution in [0.3, 0.4) is 0 Å². The van der Waals surface area contributed by atoms with E-state index in [1.807, 2.05) is 38.2 Å². The number of carbonyl (C=O) groups is 1. The Labute approximate surface area is 174 Å². The van der Waals surface area contributed by atoms with Gasteiger partial charge in [0.2, 0.25) is 0 Å². The maximum Gasteiger partial charge on any atom is 0.272 e. The van der Waals surface area contributed by atoms with Crippen LogP contribution in [0.5, 0.6) is 0 Å². The van der Waals surface area contributed by atoms with E-state index >= 15 is 0 Å². The van der Waals surface area contributed by atoms with Gasteiger partial charge in [-0.25, -0.2) is 8.78 Å². The van der Waals surface area contributed by atoms with E-state index < -0.39 is 0 Å². The van der Waals surface area contributed by atoms with Gasteiger partial charge in [-0.15, -0.1) is 0 Å². The fraction of sp³-hybridized carbons (Fsp3) is 0.348. The smallest absolute Gasteiger partial charge is 0.272 e. The summed E-state index contributed by atoms with van der Waals surface area (Å²) in [6.07, 6.45) is 0.979. The van der Waals surface area contributed by atoms with Crippen molar-refractivity contribution in [3.8, 4) is 0 Å². The number of amides is 1. The molecule has 2 aromatic carbocycles. The molecule has 1 aliphatic heterocycles. The van der Waals surface area contributed by atoms with Gasteiger partial charge in [0.1, 0.15) is 18.2 Å². The van der Waals surface area contributed by atoms with Crippen molar-refractivity contribution in [2.75, 3.05) is 43.6 Å². The highest BCUT2D eigenvalue weighted by molar-refractivity contribution is 6.06. The van der Waals surface area contributed by atoms with Gasteiger partial charge < -0.3 is 15.2 Å². The Morgan fingerprint density at radius 3 is 2.90 bits per heavy atom. The molecule has 30 heavy (non-hydrogen) atoms. The monoisotopic (exact) mass is 412 g/mol. The summed E-state index contributed by atoms with van der Waals surface area (Å²) in [6, 6.07) is 12.6. The molecule has 1 atom stereocenters. The van der Waals surface area contributed by atoms with E-state index in [1.165, 1.54) is 6.07 Å². The van der Waals surface area contributed by atoms with Crippen LogP contribution in [0.15, 0.2) is 42.5 Å². The first-order chi connectivity index (χ1) is 14.5. The average Bonchev–Trinajstić information content (AvgIpc) is 3.40. The van der Waals surface area contributed by atoms with E-state index in [-0.39, 0.29) is 18.4 Å². The summed E-state index contributed by atoms with van der Waals surface area (Å²) < 4.78 is 26.7. The highest BCUT2D eigenvalue weighted by Gasteiger charge is 2.26. The third kappa shape index (κ3) is 4.03. The van der Waals surface area contributed by atoms with Crippen molar-refractivity contribution < 1.29 is 13.6 Å². The Morgan fingerprint density at radius 2 is 2.13 bits per heavy atom. The van der Waals surface area contributed by atoms with Gasteiger partial charge >= 0.3 is 0 Å². The van der Waals surface area contributed by atoms with Crippen LogP contribution >= 0.6 is 0 Å². The molecule has 1 saturated heterocycles. The summed E-state index contributed by atoms with van der Waals surface area (Å²) in [6.45, 7) is 3.69. The number of nitrogens with one attached hydrogen (secondary N) is 2. The minimum absolute atomic E-state index is 0.316. The van der Waals surface area contributed by atoms with Crippen molar-refractivity contribution in [1.29, 1.82) is 0 Å². The predicted octanol–water partition coefficient (Wildman–Crippen LogP) is 4.35. The summed E-state index contributed by atoms with van der Waals surface area (Å²) in [5, 5.41) is 3.31. The average molecular weight is 412 g/mol. The molecule has 0 saturated carbocycles. The topological polar surface area (TPSA) is 51.4 Å². The molecule has 1 fully saturated rings. The normalized spacial score (nSPS) is 16.6. The number of alkyl halides is 1. The second-order valence-electron chi connectivity index (χ2n) is 7.90. The minimum Gasteiger partial charge on any atom is -0.370 e. The van der Waals surface area contributed by atoms with Gasteiger partial charge in [0, 0.05) is 42.4 Å². The third-order valence-electron chi connectivity index (χ3n) is 5.89. The van der Waals surface area contributed by atoms with Crippen LogP contribution in [0, 0.1) is 12.7 Å². The molecule has 2 heterocycles. The van der Waals surface area contributed by atoms with Crippen LogP contribution < -0.4 is 10.2 Å². The van der Waals surface area contributed by atoms with E-state index in [0.29, 0.717) is 34.9 Å². The Kier molecular flexibility index (Phi) is 5.72. The zero-order chi connectivity index (χ0) is 21.3. The number of aromatic nitrogens is 1. The third-order valence-corrected chi connectivity index (χ3v) is 5.89. The van der Waals surface area contributed by atoms with Gasteiger partial charge in [-0.3, -0.25) is 9.69 Å². The largest absolute Gasteiger partial charge is 0.370 e. The van der Waals surface area contributed by atoms with Crippen molar-refractivity contribution in [2.45, 2.75) is 19.4 Å². The van der Waals surface area contributed by atoms with Crippen LogP contribution in [-0.2, 0) is 0 Å². The molecule has 0 aliphatic carbocycles. The molecule has 1 unspecified atom stereocenters. The fourth-order valence-electron chi connectivity index (χ4n) is 4.08. The number of halogens is 2. The molecule has 0 radical (unpaired) electrons. The Bertz CT molecular complexity index is 1030. The zero-order valence-electron chi connectivity index (χ0n) is 17.2. The highest BCUT2D eigenvalue weighted by atomic mass is 19.1. The SMILES string of the molecule is Cc1ccc(F)c2cc(C(=O)Nc3cccc(N4CCC(N(C)CCF)C4)c3)[nH]c12. The van der Waals surface area contributed by atoms with Crippen LogP contribution in [0.1, 0.15) is 22.5 Å². The molecule has 4 rings (SSSR count). The van der Waals surface area contributed by atoms with Crippen molar-refractivity contribution in [3.05, 3.63) is 59.5 Å². The van der Waals surface area contributed by atoms with Gasteiger partial charge in [-0.2, -0.15) is 0 Å². The van der Waals surface area contributed by atoms with Gasteiger partial charge in [0.25, 0.3) is 5.91 Å². The van der Waals surface area contributed by atoms with Crippen molar-refractivity contribution in [3.63, 3.8) is 0 Å². The first-order valence-electron chi connectivity index (χ1n) is 10.2. The van der Waals surface area contributed by atoms with Crippen LogP contribution in [0.25, 0.3) is 10.9 Å². The molecule has 1 aliphatic rings. The second-order valence-corrected chi connectivity index (χ2v) is 7.90. The van der Waals surface area contributed by atoms with Crippen LogP contribution in [0.2, 0.25) is 0 Å². The maximum absolute atomic E-state index is 14.1. The van der Waals surface area contributed by atoms with Crippen LogP contribution in [-0.4, -0.2) is 55.2 Å². The number of fused-ring (bicyclic) bond motifs is 1. The number of likely N-dealkylation sites (N-methyl/N-ethyl adjacent to an activating group) is 1. The number of aromatic amines is 1. The number of H-pyrrole nitrogens is 1. The number of benzene rings is 2. The van der Waals surface area contributed by atoms with E-state index in [2.05, 4.69) is 20.1 Å². The summed E-state index contributed by atoms with van der Waals surface area (Å²) in [4.78, 5) is 20.1. The molecule has 2 N–H and O–H groups in total. The van der Waals surface area contributed by atoms with Gasteiger partial charge in [0.05, 0.1) is 5.52 Å². The lowest BCUT2D eigenvalue weighted by Gasteiger charge is -2.24. The zero-order valence-corrected chi connectivity index (χ0v) is 17.2. The number of carbonyl (C=O) groups excluding carboxylic acids is 1. The molecule has 158 valence electrons. The Hall–Kier alpha value is -2.93. The first-order valence-corrected chi connectivity index (χ1v) is 10.2.